The smallest absolute Gasteiger partial charge is 0.178 e. The van der Waals surface area contributed by atoms with Gasteiger partial charge >= 0.3 is 0 Å². The van der Waals surface area contributed by atoms with Crippen molar-refractivity contribution in [1.82, 2.24) is 0 Å². The number of allylic oxidation sites excluding steroid dienone is 2. The van der Waals surface area contributed by atoms with Crippen LogP contribution in [-0.4, -0.2) is 5.78 Å². The average Bonchev–Trinajstić information content (AvgIpc) is 2.83. The summed E-state index contributed by atoms with van der Waals surface area (Å²) in [6, 6.07) is 34.4. The molecule has 0 saturated heterocycles. The van der Waals surface area contributed by atoms with E-state index in [0.717, 1.165) is 34.1 Å². The van der Waals surface area contributed by atoms with Crippen LogP contribution < -0.4 is 9.47 Å². The second-order valence-electron chi connectivity index (χ2n) is 7.04. The second kappa shape index (κ2) is 10.6. The third-order valence-electron chi connectivity index (χ3n) is 4.55. The molecule has 0 radical (unpaired) electrons. The molecule has 4 aromatic rings. The van der Waals surface area contributed by atoms with E-state index in [1.54, 1.807) is 24.3 Å². The summed E-state index contributed by atoms with van der Waals surface area (Å²) in [6.45, 7) is 0. The van der Waals surface area contributed by atoms with Gasteiger partial charge in [-0.2, -0.15) is 0 Å². The maximum absolute atomic E-state index is 12.3. The van der Waals surface area contributed by atoms with E-state index in [9.17, 15) is 4.79 Å². The molecule has 0 N–H and O–H groups in total. The van der Waals surface area contributed by atoms with Crippen LogP contribution in [0.5, 0.6) is 23.0 Å². The topological polar surface area (TPSA) is 35.5 Å². The van der Waals surface area contributed by atoms with E-state index >= 15 is 0 Å². The molecule has 0 aliphatic carbocycles. The van der Waals surface area contributed by atoms with Crippen molar-refractivity contribution in [1.29, 1.82) is 0 Å². The molecule has 4 rings (SSSR count). The van der Waals surface area contributed by atoms with Crippen LogP contribution in [0.3, 0.4) is 0 Å². The lowest BCUT2D eigenvalue weighted by Gasteiger charge is -2.06. The number of carbonyl (C=O) groups excluding carboxylic acids is 1. The number of hydrogen-bond donors (Lipinski definition) is 0. The van der Waals surface area contributed by atoms with Gasteiger partial charge in [0.1, 0.15) is 23.0 Å². The fraction of sp³-hybridized carbons (Fsp3) is 0. The Morgan fingerprint density at radius 3 is 1.34 bits per heavy atom. The Morgan fingerprint density at radius 1 is 0.500 bits per heavy atom. The van der Waals surface area contributed by atoms with E-state index < -0.39 is 0 Å². The molecule has 0 heterocycles. The minimum absolute atomic E-state index is 0.103. The molecule has 32 heavy (non-hydrogen) atoms. The molecule has 3 heteroatoms. The van der Waals surface area contributed by atoms with Crippen LogP contribution in [0.1, 0.15) is 11.1 Å². The lowest BCUT2D eigenvalue weighted by atomic mass is 10.1. The number of ether oxygens (including phenoxy) is 2. The zero-order valence-electron chi connectivity index (χ0n) is 17.4. The SMILES string of the molecule is O=C(C=Cc1cccc(Oc2ccccc2)c1)C=Cc1cccc(Oc2ccccc2)c1. The Hall–Kier alpha value is -4.37. The Balaban J connectivity index is 1.37. The number of para-hydroxylation sites is 2. The van der Waals surface area contributed by atoms with Gasteiger partial charge in [-0.3, -0.25) is 4.79 Å². The number of benzene rings is 4. The molecule has 0 atom stereocenters. The largest absolute Gasteiger partial charge is 0.457 e. The van der Waals surface area contributed by atoms with Gasteiger partial charge < -0.3 is 9.47 Å². The highest BCUT2D eigenvalue weighted by Crippen LogP contribution is 2.23. The quantitative estimate of drug-likeness (QED) is 0.277. The van der Waals surface area contributed by atoms with Crippen LogP contribution in [-0.2, 0) is 4.79 Å². The molecule has 0 bridgehead atoms. The van der Waals surface area contributed by atoms with Gasteiger partial charge in [0.2, 0.25) is 0 Å². The standard InChI is InChI=1S/C29H22O3/c30-25(19-17-23-9-7-15-28(21-23)31-26-11-3-1-4-12-26)20-18-24-10-8-16-29(22-24)32-27-13-5-2-6-14-27/h1-22H. The van der Waals surface area contributed by atoms with Crippen molar-refractivity contribution in [3.8, 4) is 23.0 Å². The van der Waals surface area contributed by atoms with Crippen LogP contribution in [0, 0.1) is 0 Å². The molecule has 0 unspecified atom stereocenters. The summed E-state index contributed by atoms with van der Waals surface area (Å²) in [7, 11) is 0. The molecular formula is C29H22O3. The van der Waals surface area contributed by atoms with Crippen LogP contribution in [0.4, 0.5) is 0 Å². The Morgan fingerprint density at radius 2 is 0.906 bits per heavy atom. The molecule has 0 aliphatic rings. The average molecular weight is 418 g/mol. The summed E-state index contributed by atoms with van der Waals surface area (Å²) in [4.78, 5) is 12.3. The molecule has 0 aromatic heterocycles. The highest BCUT2D eigenvalue weighted by molar-refractivity contribution is 6.04. The molecule has 4 aromatic carbocycles. The van der Waals surface area contributed by atoms with Crippen LogP contribution in [0.15, 0.2) is 121 Å². The maximum Gasteiger partial charge on any atom is 0.178 e. The molecule has 0 saturated carbocycles. The van der Waals surface area contributed by atoms with Crippen molar-refractivity contribution in [3.05, 3.63) is 132 Å². The summed E-state index contributed by atoms with van der Waals surface area (Å²) >= 11 is 0. The summed E-state index contributed by atoms with van der Waals surface area (Å²) < 4.78 is 11.7. The van der Waals surface area contributed by atoms with Gasteiger partial charge in [-0.05, 0) is 71.8 Å². The zero-order valence-corrected chi connectivity index (χ0v) is 17.4. The van der Waals surface area contributed by atoms with E-state index in [1.807, 2.05) is 109 Å². The van der Waals surface area contributed by atoms with Crippen LogP contribution >= 0.6 is 0 Å². The first-order valence-electron chi connectivity index (χ1n) is 10.3. The van der Waals surface area contributed by atoms with Gasteiger partial charge in [-0.25, -0.2) is 0 Å². The van der Waals surface area contributed by atoms with Crippen molar-refractivity contribution >= 4 is 17.9 Å². The summed E-state index contributed by atoms with van der Waals surface area (Å²) in [5.74, 6) is 2.87. The lowest BCUT2D eigenvalue weighted by molar-refractivity contribution is -0.110. The molecule has 3 nitrogen and oxygen atoms in total. The Bertz CT molecular complexity index is 1130. The van der Waals surface area contributed by atoms with E-state index in [-0.39, 0.29) is 5.78 Å². The third kappa shape index (κ3) is 6.31. The summed E-state index contributed by atoms with van der Waals surface area (Å²) in [6.07, 6.45) is 6.64. The van der Waals surface area contributed by atoms with Gasteiger partial charge in [-0.15, -0.1) is 0 Å². The van der Waals surface area contributed by atoms with Gasteiger partial charge in [-0.1, -0.05) is 72.8 Å². The molecule has 0 spiro atoms. The maximum atomic E-state index is 12.3. The Labute approximate surface area is 187 Å². The molecule has 0 aliphatic heterocycles. The van der Waals surface area contributed by atoms with Crippen molar-refractivity contribution in [3.63, 3.8) is 0 Å². The predicted molar refractivity (Wildman–Crippen MR) is 129 cm³/mol. The fourth-order valence-electron chi connectivity index (χ4n) is 3.02. The molecule has 0 amide bonds. The Kier molecular flexibility index (Phi) is 6.92. The molecular weight excluding hydrogens is 396 g/mol. The number of carbonyl (C=O) groups is 1. The predicted octanol–water partition coefficient (Wildman–Crippen LogP) is 7.57. The first kappa shape index (κ1) is 20.9. The lowest BCUT2D eigenvalue weighted by Crippen LogP contribution is -1.87. The molecule has 156 valence electrons. The summed E-state index contributed by atoms with van der Waals surface area (Å²) in [5.41, 5.74) is 1.77. The third-order valence-corrected chi connectivity index (χ3v) is 4.55. The van der Waals surface area contributed by atoms with Crippen LogP contribution in [0.25, 0.3) is 12.2 Å². The second-order valence-corrected chi connectivity index (χ2v) is 7.04. The van der Waals surface area contributed by atoms with Gasteiger partial charge in [0, 0.05) is 0 Å². The van der Waals surface area contributed by atoms with E-state index in [2.05, 4.69) is 0 Å². The van der Waals surface area contributed by atoms with Crippen molar-refractivity contribution < 1.29 is 14.3 Å². The molecule has 0 fully saturated rings. The van der Waals surface area contributed by atoms with E-state index in [0.29, 0.717) is 0 Å². The first-order chi connectivity index (χ1) is 15.7. The van der Waals surface area contributed by atoms with Gasteiger partial charge in [0.25, 0.3) is 0 Å². The minimum Gasteiger partial charge on any atom is -0.457 e. The normalized spacial score (nSPS) is 11.0. The number of hydrogen-bond acceptors (Lipinski definition) is 3. The van der Waals surface area contributed by atoms with Crippen LogP contribution in [0.2, 0.25) is 0 Å². The highest BCUT2D eigenvalue weighted by atomic mass is 16.5. The number of ketones is 1. The summed E-state index contributed by atoms with van der Waals surface area (Å²) in [5, 5.41) is 0. The first-order valence-corrected chi connectivity index (χ1v) is 10.3. The number of rotatable bonds is 8. The zero-order chi connectivity index (χ0) is 22.0. The van der Waals surface area contributed by atoms with Crippen molar-refractivity contribution in [2.75, 3.05) is 0 Å². The van der Waals surface area contributed by atoms with E-state index in [4.69, 9.17) is 9.47 Å². The van der Waals surface area contributed by atoms with Crippen molar-refractivity contribution in [2.45, 2.75) is 0 Å². The monoisotopic (exact) mass is 418 g/mol. The van der Waals surface area contributed by atoms with Gasteiger partial charge in [0.15, 0.2) is 5.78 Å². The van der Waals surface area contributed by atoms with Crippen molar-refractivity contribution in [2.24, 2.45) is 0 Å². The van der Waals surface area contributed by atoms with Gasteiger partial charge in [0.05, 0.1) is 0 Å². The minimum atomic E-state index is -0.103. The van der Waals surface area contributed by atoms with E-state index in [1.165, 1.54) is 0 Å². The highest BCUT2D eigenvalue weighted by Gasteiger charge is 1.99. The fourth-order valence-corrected chi connectivity index (χ4v) is 3.02.